The van der Waals surface area contributed by atoms with Gasteiger partial charge >= 0.3 is 5.97 Å². The summed E-state index contributed by atoms with van der Waals surface area (Å²) in [5.41, 5.74) is 6.52. The van der Waals surface area contributed by atoms with Gasteiger partial charge in [-0.2, -0.15) is 0 Å². The molecule has 3 nitrogen and oxygen atoms in total. The normalized spacial score (nSPS) is 12.9. The Hall–Kier alpha value is -1.39. The van der Waals surface area contributed by atoms with Gasteiger partial charge in [0.25, 0.3) is 0 Å². The van der Waals surface area contributed by atoms with Gasteiger partial charge in [-0.05, 0) is 28.8 Å². The van der Waals surface area contributed by atoms with E-state index in [-0.39, 0.29) is 0 Å². The van der Waals surface area contributed by atoms with Crippen LogP contribution in [0.1, 0.15) is 5.56 Å². The first-order chi connectivity index (χ1) is 7.18. The molecule has 0 bridgehead atoms. The Morgan fingerprint density at radius 2 is 2.20 bits per heavy atom. The first-order valence-corrected chi connectivity index (χ1v) is 5.50. The Kier molecular flexibility index (Phi) is 2.70. The van der Waals surface area contributed by atoms with E-state index < -0.39 is 12.0 Å². The van der Waals surface area contributed by atoms with E-state index in [1.54, 1.807) is 11.3 Å². The van der Waals surface area contributed by atoms with Gasteiger partial charge < -0.3 is 10.8 Å². The van der Waals surface area contributed by atoms with Gasteiger partial charge in [-0.15, -0.1) is 11.3 Å². The first-order valence-electron chi connectivity index (χ1n) is 4.62. The molecule has 2 rings (SSSR count). The molecular weight excluding hydrogens is 210 g/mol. The lowest BCUT2D eigenvalue weighted by Crippen LogP contribution is -2.32. The number of hydrogen-bond acceptors (Lipinski definition) is 3. The summed E-state index contributed by atoms with van der Waals surface area (Å²) < 4.78 is 1.17. The summed E-state index contributed by atoms with van der Waals surface area (Å²) >= 11 is 1.62. The van der Waals surface area contributed by atoms with Crippen molar-refractivity contribution >= 4 is 27.4 Å². The highest BCUT2D eigenvalue weighted by atomic mass is 32.1. The second-order valence-electron chi connectivity index (χ2n) is 3.41. The summed E-state index contributed by atoms with van der Waals surface area (Å²) in [5.74, 6) is -0.953. The number of rotatable bonds is 3. The summed E-state index contributed by atoms with van der Waals surface area (Å²) in [7, 11) is 0. The quantitative estimate of drug-likeness (QED) is 0.831. The molecule has 1 heterocycles. The Morgan fingerprint density at radius 3 is 2.93 bits per heavy atom. The van der Waals surface area contributed by atoms with E-state index in [1.807, 2.05) is 29.6 Å². The maximum Gasteiger partial charge on any atom is 0.320 e. The van der Waals surface area contributed by atoms with Crippen LogP contribution in [0.2, 0.25) is 0 Å². The van der Waals surface area contributed by atoms with E-state index >= 15 is 0 Å². The van der Waals surface area contributed by atoms with Crippen molar-refractivity contribution < 1.29 is 9.90 Å². The van der Waals surface area contributed by atoms with Crippen LogP contribution in [0.5, 0.6) is 0 Å². The summed E-state index contributed by atoms with van der Waals surface area (Å²) in [4.78, 5) is 10.6. The minimum Gasteiger partial charge on any atom is -0.480 e. The van der Waals surface area contributed by atoms with Crippen LogP contribution < -0.4 is 5.73 Å². The molecule has 1 aromatic carbocycles. The number of nitrogens with two attached hydrogens (primary N) is 1. The van der Waals surface area contributed by atoms with Gasteiger partial charge in [0.2, 0.25) is 0 Å². The Morgan fingerprint density at radius 1 is 1.47 bits per heavy atom. The van der Waals surface area contributed by atoms with Crippen LogP contribution in [-0.4, -0.2) is 17.1 Å². The lowest BCUT2D eigenvalue weighted by atomic mass is 10.1. The number of carbonyl (C=O) groups is 1. The lowest BCUT2D eigenvalue weighted by Gasteiger charge is -2.04. The van der Waals surface area contributed by atoms with E-state index in [4.69, 9.17) is 10.8 Å². The van der Waals surface area contributed by atoms with Crippen molar-refractivity contribution in [3.8, 4) is 0 Å². The van der Waals surface area contributed by atoms with Crippen LogP contribution >= 0.6 is 11.3 Å². The number of benzene rings is 1. The van der Waals surface area contributed by atoms with Crippen molar-refractivity contribution in [1.82, 2.24) is 0 Å². The minimum atomic E-state index is -0.953. The van der Waals surface area contributed by atoms with Crippen LogP contribution in [0.15, 0.2) is 29.6 Å². The third kappa shape index (κ3) is 2.00. The molecule has 0 amide bonds. The third-order valence-electron chi connectivity index (χ3n) is 2.32. The smallest absolute Gasteiger partial charge is 0.320 e. The van der Waals surface area contributed by atoms with Gasteiger partial charge in [0, 0.05) is 4.70 Å². The number of hydrogen-bond donors (Lipinski definition) is 2. The second kappa shape index (κ2) is 4.00. The zero-order valence-electron chi connectivity index (χ0n) is 8.01. The minimum absolute atomic E-state index is 0.388. The van der Waals surface area contributed by atoms with Gasteiger partial charge in [-0.25, -0.2) is 0 Å². The van der Waals surface area contributed by atoms with Gasteiger partial charge in [0.1, 0.15) is 6.04 Å². The Labute approximate surface area is 91.1 Å². The number of carboxylic acid groups (broad SMARTS) is 1. The van der Waals surface area contributed by atoms with Crippen molar-refractivity contribution in [3.05, 3.63) is 35.2 Å². The predicted molar refractivity (Wildman–Crippen MR) is 61.1 cm³/mol. The molecule has 0 radical (unpaired) electrons. The molecule has 4 heteroatoms. The van der Waals surface area contributed by atoms with Crippen LogP contribution in [0, 0.1) is 0 Å². The van der Waals surface area contributed by atoms with E-state index in [0.717, 1.165) is 10.9 Å². The van der Waals surface area contributed by atoms with E-state index in [0.29, 0.717) is 6.42 Å². The van der Waals surface area contributed by atoms with Crippen LogP contribution in [0.25, 0.3) is 10.1 Å². The first kappa shape index (κ1) is 10.1. The fourth-order valence-corrected chi connectivity index (χ4v) is 2.49. The van der Waals surface area contributed by atoms with Crippen LogP contribution in [0.3, 0.4) is 0 Å². The average molecular weight is 221 g/mol. The molecular formula is C11H11NO2S. The zero-order chi connectivity index (χ0) is 10.8. The van der Waals surface area contributed by atoms with Crippen molar-refractivity contribution in [3.63, 3.8) is 0 Å². The monoisotopic (exact) mass is 221 g/mol. The summed E-state index contributed by atoms with van der Waals surface area (Å²) in [6.07, 6.45) is 0.388. The second-order valence-corrected chi connectivity index (χ2v) is 4.32. The van der Waals surface area contributed by atoms with Crippen LogP contribution in [0.4, 0.5) is 0 Å². The molecule has 0 spiro atoms. The molecule has 1 atom stereocenters. The highest BCUT2D eigenvalue weighted by Gasteiger charge is 2.14. The Balaban J connectivity index is 2.32. The highest BCUT2D eigenvalue weighted by Crippen LogP contribution is 2.26. The Bertz CT molecular complexity index is 492. The summed E-state index contributed by atoms with van der Waals surface area (Å²) in [6, 6.07) is 7.12. The largest absolute Gasteiger partial charge is 0.480 e. The molecule has 0 fully saturated rings. The molecule has 15 heavy (non-hydrogen) atoms. The maximum atomic E-state index is 10.6. The molecule has 0 aliphatic rings. The van der Waals surface area contributed by atoms with Gasteiger partial charge in [0.05, 0.1) is 0 Å². The fourth-order valence-electron chi connectivity index (χ4n) is 1.52. The van der Waals surface area contributed by atoms with Gasteiger partial charge in [0.15, 0.2) is 0 Å². The van der Waals surface area contributed by atoms with Crippen molar-refractivity contribution in [1.29, 1.82) is 0 Å². The number of fused-ring (bicyclic) bond motifs is 1. The molecule has 3 N–H and O–H groups in total. The number of thiophene rings is 1. The van der Waals surface area contributed by atoms with Gasteiger partial charge in [-0.3, -0.25) is 4.79 Å². The predicted octanol–water partition coefficient (Wildman–Crippen LogP) is 1.86. The lowest BCUT2D eigenvalue weighted by molar-refractivity contribution is -0.138. The van der Waals surface area contributed by atoms with Gasteiger partial charge in [-0.1, -0.05) is 18.2 Å². The van der Waals surface area contributed by atoms with E-state index in [1.165, 1.54) is 4.70 Å². The van der Waals surface area contributed by atoms with E-state index in [2.05, 4.69) is 0 Å². The molecule has 0 saturated carbocycles. The molecule has 78 valence electrons. The van der Waals surface area contributed by atoms with Crippen LogP contribution in [-0.2, 0) is 11.2 Å². The van der Waals surface area contributed by atoms with Crippen molar-refractivity contribution in [2.45, 2.75) is 12.5 Å². The highest BCUT2D eigenvalue weighted by molar-refractivity contribution is 7.17. The summed E-state index contributed by atoms with van der Waals surface area (Å²) in [6.45, 7) is 0. The molecule has 2 aromatic rings. The SMILES string of the molecule is N[C@@H](Cc1csc2ccccc12)C(=O)O. The molecule has 0 aliphatic carbocycles. The fraction of sp³-hybridized carbons (Fsp3) is 0.182. The third-order valence-corrected chi connectivity index (χ3v) is 3.33. The van der Waals surface area contributed by atoms with E-state index in [9.17, 15) is 4.79 Å². The van der Waals surface area contributed by atoms with Crippen molar-refractivity contribution in [2.24, 2.45) is 5.73 Å². The van der Waals surface area contributed by atoms with Crippen molar-refractivity contribution in [2.75, 3.05) is 0 Å². The number of carboxylic acids is 1. The molecule has 0 aliphatic heterocycles. The maximum absolute atomic E-state index is 10.6. The molecule has 0 saturated heterocycles. The molecule has 1 aromatic heterocycles. The number of aliphatic carboxylic acids is 1. The standard InChI is InChI=1S/C11H11NO2S/c12-9(11(13)14)5-7-6-15-10-4-2-1-3-8(7)10/h1-4,6,9H,5,12H2,(H,13,14)/t9-/m0/s1. The topological polar surface area (TPSA) is 63.3 Å². The average Bonchev–Trinajstić information content (AvgIpc) is 2.62. The molecule has 0 unspecified atom stereocenters. The summed E-state index contributed by atoms with van der Waals surface area (Å²) in [5, 5.41) is 11.8. The zero-order valence-corrected chi connectivity index (χ0v) is 8.83.